The normalized spacial score (nSPS) is 24.6. The van der Waals surface area contributed by atoms with Crippen LogP contribution in [0.25, 0.3) is 0 Å². The summed E-state index contributed by atoms with van der Waals surface area (Å²) in [6.45, 7) is 0.457. The highest BCUT2D eigenvalue weighted by Crippen LogP contribution is 2.31. The largest absolute Gasteiger partial charge is 0.388 e. The maximum absolute atomic E-state index is 9.87. The zero-order valence-corrected chi connectivity index (χ0v) is 12.7. The van der Waals surface area contributed by atoms with E-state index in [-0.39, 0.29) is 24.0 Å². The summed E-state index contributed by atoms with van der Waals surface area (Å²) in [5.41, 5.74) is 5.26. The average molecular weight is 353 g/mol. The fraction of sp³-hybridized carbons (Fsp3) is 0.917. The summed E-state index contributed by atoms with van der Waals surface area (Å²) in [7, 11) is 0. The van der Waals surface area contributed by atoms with Crippen molar-refractivity contribution < 1.29 is 5.11 Å². The van der Waals surface area contributed by atoms with Crippen LogP contribution in [-0.2, 0) is 0 Å². The molecule has 5 heteroatoms. The van der Waals surface area contributed by atoms with Gasteiger partial charge < -0.3 is 16.2 Å². The standard InChI is InChI=1S/C12H23N3O.HI/c13-11(14-9-12(16)7-4-8-12)15-10-5-2-1-3-6-10;/h10,16H,1-9H2,(H3,13,14,15);1H. The minimum absolute atomic E-state index is 0. The van der Waals surface area contributed by atoms with Crippen LogP contribution in [-0.4, -0.2) is 29.3 Å². The molecule has 0 aromatic heterocycles. The molecule has 0 radical (unpaired) electrons. The van der Waals surface area contributed by atoms with Crippen LogP contribution in [0.5, 0.6) is 0 Å². The highest BCUT2D eigenvalue weighted by Gasteiger charge is 2.34. The van der Waals surface area contributed by atoms with E-state index < -0.39 is 5.60 Å². The summed E-state index contributed by atoms with van der Waals surface area (Å²) in [6.07, 6.45) is 9.15. The van der Waals surface area contributed by atoms with Crippen molar-refractivity contribution in [2.45, 2.75) is 63.0 Å². The van der Waals surface area contributed by atoms with Crippen LogP contribution in [0.4, 0.5) is 0 Å². The predicted molar refractivity (Wildman–Crippen MR) is 80.7 cm³/mol. The second kappa shape index (κ2) is 6.78. The molecule has 2 saturated carbocycles. The lowest BCUT2D eigenvalue weighted by Crippen LogP contribution is -2.44. The number of guanidine groups is 1. The van der Waals surface area contributed by atoms with Gasteiger partial charge in [0.1, 0.15) is 0 Å². The third-order valence-corrected chi connectivity index (χ3v) is 3.79. The Labute approximate surface area is 120 Å². The first kappa shape index (κ1) is 15.0. The predicted octanol–water partition coefficient (Wildman–Crippen LogP) is 1.76. The Hall–Kier alpha value is -0.0400. The summed E-state index contributed by atoms with van der Waals surface area (Å²) in [5.74, 6) is 0.507. The molecule has 0 aromatic carbocycles. The summed E-state index contributed by atoms with van der Waals surface area (Å²) in [6, 6.07) is 0.494. The van der Waals surface area contributed by atoms with Crippen molar-refractivity contribution in [2.24, 2.45) is 10.7 Å². The average Bonchev–Trinajstić information content (AvgIpc) is 2.25. The molecule has 0 atom stereocenters. The van der Waals surface area contributed by atoms with Crippen molar-refractivity contribution >= 4 is 29.9 Å². The van der Waals surface area contributed by atoms with Crippen molar-refractivity contribution in [2.75, 3.05) is 6.54 Å². The van der Waals surface area contributed by atoms with E-state index >= 15 is 0 Å². The van der Waals surface area contributed by atoms with Crippen LogP contribution in [0.2, 0.25) is 0 Å². The van der Waals surface area contributed by atoms with Gasteiger partial charge in [-0.15, -0.1) is 24.0 Å². The third kappa shape index (κ3) is 4.62. The van der Waals surface area contributed by atoms with Crippen LogP contribution in [0.1, 0.15) is 51.4 Å². The van der Waals surface area contributed by atoms with Gasteiger partial charge in [0.25, 0.3) is 0 Å². The van der Waals surface area contributed by atoms with Gasteiger partial charge in [-0.05, 0) is 32.1 Å². The molecule has 0 heterocycles. The fourth-order valence-electron chi connectivity index (χ4n) is 2.48. The van der Waals surface area contributed by atoms with Gasteiger partial charge in [0.15, 0.2) is 5.96 Å². The van der Waals surface area contributed by atoms with E-state index in [1.54, 1.807) is 0 Å². The Morgan fingerprint density at radius 3 is 2.41 bits per heavy atom. The smallest absolute Gasteiger partial charge is 0.188 e. The van der Waals surface area contributed by atoms with Crippen molar-refractivity contribution in [3.63, 3.8) is 0 Å². The molecule has 0 spiro atoms. The number of nitrogens with two attached hydrogens (primary N) is 1. The Kier molecular flexibility index (Phi) is 5.99. The van der Waals surface area contributed by atoms with E-state index in [1.807, 2.05) is 0 Å². The van der Waals surface area contributed by atoms with Crippen molar-refractivity contribution in [3.05, 3.63) is 0 Å². The van der Waals surface area contributed by atoms with Crippen molar-refractivity contribution in [3.8, 4) is 0 Å². The minimum Gasteiger partial charge on any atom is -0.388 e. The Bertz CT molecular complexity index is 260. The lowest BCUT2D eigenvalue weighted by atomic mass is 9.80. The fourth-order valence-corrected chi connectivity index (χ4v) is 2.48. The van der Waals surface area contributed by atoms with Gasteiger partial charge in [0.05, 0.1) is 12.1 Å². The van der Waals surface area contributed by atoms with Gasteiger partial charge in [0.2, 0.25) is 0 Å². The maximum Gasteiger partial charge on any atom is 0.188 e. The molecule has 0 unspecified atom stereocenters. The van der Waals surface area contributed by atoms with E-state index in [0.717, 1.165) is 19.3 Å². The van der Waals surface area contributed by atoms with Crippen molar-refractivity contribution in [1.82, 2.24) is 5.32 Å². The number of halogens is 1. The number of nitrogens with one attached hydrogen (secondary N) is 1. The Morgan fingerprint density at radius 1 is 1.24 bits per heavy atom. The molecule has 0 bridgehead atoms. The highest BCUT2D eigenvalue weighted by atomic mass is 127. The zero-order valence-electron chi connectivity index (χ0n) is 10.3. The molecule has 2 rings (SSSR count). The molecular weight excluding hydrogens is 329 g/mol. The molecule has 2 fully saturated rings. The second-order valence-electron chi connectivity index (χ2n) is 5.26. The van der Waals surface area contributed by atoms with Gasteiger partial charge in [-0.3, -0.25) is 4.99 Å². The zero-order chi connectivity index (χ0) is 11.4. The molecule has 2 aliphatic carbocycles. The van der Waals surface area contributed by atoms with Gasteiger partial charge in [-0.1, -0.05) is 19.3 Å². The minimum atomic E-state index is -0.557. The van der Waals surface area contributed by atoms with Crippen LogP contribution in [0.15, 0.2) is 4.99 Å². The topological polar surface area (TPSA) is 70.6 Å². The molecule has 0 aliphatic heterocycles. The number of aliphatic imine (C=N–C) groups is 1. The first-order chi connectivity index (χ1) is 7.68. The molecule has 0 aromatic rings. The molecule has 100 valence electrons. The van der Waals surface area contributed by atoms with Crippen molar-refractivity contribution in [1.29, 1.82) is 0 Å². The van der Waals surface area contributed by atoms with Crippen LogP contribution >= 0.6 is 24.0 Å². The first-order valence-corrected chi connectivity index (χ1v) is 6.47. The molecule has 4 nitrogen and oxygen atoms in total. The molecule has 2 aliphatic rings. The lowest BCUT2D eigenvalue weighted by molar-refractivity contribution is -0.0236. The molecule has 0 saturated heterocycles. The highest BCUT2D eigenvalue weighted by molar-refractivity contribution is 14.0. The second-order valence-corrected chi connectivity index (χ2v) is 5.26. The quantitative estimate of drug-likeness (QED) is 0.411. The SMILES string of the molecule is I.NC(=NCC1(O)CCC1)NC1CCCCC1. The van der Waals surface area contributed by atoms with Gasteiger partial charge in [-0.2, -0.15) is 0 Å². The van der Waals surface area contributed by atoms with Gasteiger partial charge in [-0.25, -0.2) is 0 Å². The summed E-state index contributed by atoms with van der Waals surface area (Å²) < 4.78 is 0. The number of aliphatic hydroxyl groups is 1. The van der Waals surface area contributed by atoms with Crippen LogP contribution < -0.4 is 11.1 Å². The first-order valence-electron chi connectivity index (χ1n) is 6.47. The monoisotopic (exact) mass is 353 g/mol. The molecular formula is C12H24IN3O. The van der Waals surface area contributed by atoms with E-state index in [1.165, 1.54) is 32.1 Å². The van der Waals surface area contributed by atoms with E-state index in [0.29, 0.717) is 18.5 Å². The maximum atomic E-state index is 9.87. The number of nitrogens with zero attached hydrogens (tertiary/aromatic N) is 1. The van der Waals surface area contributed by atoms with Crippen LogP contribution in [0.3, 0.4) is 0 Å². The number of hydrogen-bond donors (Lipinski definition) is 3. The number of rotatable bonds is 3. The third-order valence-electron chi connectivity index (χ3n) is 3.79. The van der Waals surface area contributed by atoms with Gasteiger partial charge in [0, 0.05) is 6.04 Å². The Balaban J connectivity index is 0.00000144. The lowest BCUT2D eigenvalue weighted by Gasteiger charge is -2.35. The number of hydrogen-bond acceptors (Lipinski definition) is 2. The molecule has 17 heavy (non-hydrogen) atoms. The van der Waals surface area contributed by atoms with E-state index in [4.69, 9.17) is 5.73 Å². The molecule has 4 N–H and O–H groups in total. The molecule has 0 amide bonds. The van der Waals surface area contributed by atoms with E-state index in [9.17, 15) is 5.11 Å². The summed E-state index contributed by atoms with van der Waals surface area (Å²) in [5, 5.41) is 13.1. The van der Waals surface area contributed by atoms with Crippen LogP contribution in [0, 0.1) is 0 Å². The van der Waals surface area contributed by atoms with Gasteiger partial charge >= 0.3 is 0 Å². The Morgan fingerprint density at radius 2 is 1.88 bits per heavy atom. The van der Waals surface area contributed by atoms with E-state index in [2.05, 4.69) is 10.3 Å². The summed E-state index contributed by atoms with van der Waals surface area (Å²) >= 11 is 0. The summed E-state index contributed by atoms with van der Waals surface area (Å²) in [4.78, 5) is 4.25.